The maximum absolute atomic E-state index is 12.3. The number of carbonyl (C=O) groups is 1. The zero-order valence-electron chi connectivity index (χ0n) is 12.8. The van der Waals surface area contributed by atoms with Crippen LogP contribution in [-0.4, -0.2) is 31.3 Å². The molecule has 0 fully saturated rings. The molecule has 0 amide bonds. The molecule has 122 valence electrons. The minimum atomic E-state index is -0.395. The van der Waals surface area contributed by atoms with Crippen LogP contribution in [0.1, 0.15) is 17.4 Å². The number of aromatic nitrogens is 1. The number of benzene rings is 2. The molecule has 0 bridgehead atoms. The summed E-state index contributed by atoms with van der Waals surface area (Å²) in [5, 5.41) is 1.31. The van der Waals surface area contributed by atoms with Crippen molar-refractivity contribution in [3.63, 3.8) is 0 Å². The number of ether oxygens (including phenoxy) is 1. The van der Waals surface area contributed by atoms with Gasteiger partial charge in [0.2, 0.25) is 0 Å². The molecule has 0 aliphatic heterocycles. The van der Waals surface area contributed by atoms with Crippen LogP contribution in [0.25, 0.3) is 21.1 Å². The van der Waals surface area contributed by atoms with Gasteiger partial charge in [0, 0.05) is 0 Å². The SMILES string of the molecule is CCOC(=O)c1n[se]c(-c2ccc(Cl)cc2)c1-c1ccc(Cl)cc1. The predicted molar refractivity (Wildman–Crippen MR) is 98.0 cm³/mol. The van der Waals surface area contributed by atoms with Crippen LogP contribution in [-0.2, 0) is 4.74 Å². The molecule has 0 spiro atoms. The van der Waals surface area contributed by atoms with Crippen molar-refractivity contribution in [3.8, 4) is 21.1 Å². The zero-order chi connectivity index (χ0) is 17.1. The number of carbonyl (C=O) groups excluding carboxylic acids is 1. The van der Waals surface area contributed by atoms with Crippen molar-refractivity contribution in [3.05, 3.63) is 64.3 Å². The van der Waals surface area contributed by atoms with E-state index in [0.717, 1.165) is 21.1 Å². The molecule has 3 rings (SSSR count). The van der Waals surface area contributed by atoms with Crippen LogP contribution in [0.4, 0.5) is 0 Å². The Hall–Kier alpha value is -1.58. The molecule has 1 heterocycles. The van der Waals surface area contributed by atoms with Crippen molar-refractivity contribution in [2.75, 3.05) is 6.61 Å². The van der Waals surface area contributed by atoms with Crippen LogP contribution < -0.4 is 0 Å². The first-order chi connectivity index (χ1) is 11.6. The molecule has 0 atom stereocenters. The van der Waals surface area contributed by atoms with E-state index in [-0.39, 0.29) is 14.7 Å². The molecule has 0 saturated carbocycles. The molecule has 0 unspecified atom stereocenters. The number of hydrogen-bond donors (Lipinski definition) is 0. The molecule has 24 heavy (non-hydrogen) atoms. The quantitative estimate of drug-likeness (QED) is 0.439. The summed E-state index contributed by atoms with van der Waals surface area (Å²) in [6, 6.07) is 14.9. The molecule has 0 aliphatic carbocycles. The first-order valence-corrected chi connectivity index (χ1v) is 9.66. The number of rotatable bonds is 4. The van der Waals surface area contributed by atoms with Crippen LogP contribution in [0.2, 0.25) is 10.0 Å². The van der Waals surface area contributed by atoms with E-state index < -0.39 is 5.97 Å². The molecule has 0 radical (unpaired) electrons. The topological polar surface area (TPSA) is 39.2 Å². The fraction of sp³-hybridized carbons (Fsp3) is 0.111. The fourth-order valence-electron chi connectivity index (χ4n) is 2.31. The number of nitrogens with zero attached hydrogens (tertiary/aromatic N) is 1. The molecular formula is C18H13Cl2NO2Se. The second-order valence-corrected chi connectivity index (χ2v) is 7.47. The summed E-state index contributed by atoms with van der Waals surface area (Å²) in [5.74, 6) is -0.395. The monoisotopic (exact) mass is 425 g/mol. The van der Waals surface area contributed by atoms with E-state index in [2.05, 4.69) is 3.98 Å². The Kier molecular flexibility index (Phi) is 5.42. The van der Waals surface area contributed by atoms with E-state index in [1.165, 1.54) is 0 Å². The maximum atomic E-state index is 12.3. The third kappa shape index (κ3) is 3.57. The Balaban J connectivity index is 2.17. The summed E-state index contributed by atoms with van der Waals surface area (Å²) >= 11 is 11.8. The number of hydrogen-bond acceptors (Lipinski definition) is 3. The average molecular weight is 425 g/mol. The van der Waals surface area contributed by atoms with E-state index in [1.54, 1.807) is 19.1 Å². The molecule has 1 aromatic heterocycles. The third-order valence-corrected chi connectivity index (χ3v) is 5.78. The molecular weight excluding hydrogens is 412 g/mol. The van der Waals surface area contributed by atoms with Crippen molar-refractivity contribution in [1.29, 1.82) is 0 Å². The summed E-state index contributed by atoms with van der Waals surface area (Å²) in [5.41, 5.74) is 3.10. The average Bonchev–Trinajstić information content (AvgIpc) is 3.01. The number of halogens is 2. The second kappa shape index (κ2) is 7.54. The second-order valence-electron chi connectivity index (χ2n) is 4.97. The first kappa shape index (κ1) is 17.2. The van der Waals surface area contributed by atoms with Gasteiger partial charge in [-0.3, -0.25) is 0 Å². The van der Waals surface area contributed by atoms with Crippen LogP contribution >= 0.6 is 23.2 Å². The molecule has 2 aromatic carbocycles. The molecule has 6 heteroatoms. The Labute approximate surface area is 156 Å². The summed E-state index contributed by atoms with van der Waals surface area (Å²) in [6.07, 6.45) is 0. The first-order valence-electron chi connectivity index (χ1n) is 7.29. The van der Waals surface area contributed by atoms with Gasteiger partial charge in [-0.05, 0) is 0 Å². The Bertz CT molecular complexity index is 858. The standard InChI is InChI=1S/C18H13Cl2NO2Se/c1-2-23-18(22)16-15(11-3-7-13(19)8-4-11)17(24-21-16)12-5-9-14(20)10-6-12/h3-10H,2H2,1H3. The molecule has 3 nitrogen and oxygen atoms in total. The van der Waals surface area contributed by atoms with E-state index in [4.69, 9.17) is 27.9 Å². The zero-order valence-corrected chi connectivity index (χ0v) is 16.0. The van der Waals surface area contributed by atoms with Gasteiger partial charge in [-0.2, -0.15) is 0 Å². The summed E-state index contributed by atoms with van der Waals surface area (Å²) in [4.78, 5) is 12.3. The van der Waals surface area contributed by atoms with Crippen LogP contribution in [0.3, 0.4) is 0 Å². The van der Waals surface area contributed by atoms with E-state index in [9.17, 15) is 4.79 Å². The van der Waals surface area contributed by atoms with Crippen molar-refractivity contribution in [1.82, 2.24) is 3.98 Å². The molecule has 0 saturated heterocycles. The van der Waals surface area contributed by atoms with E-state index >= 15 is 0 Å². The third-order valence-electron chi connectivity index (χ3n) is 3.40. The molecule has 0 N–H and O–H groups in total. The minimum absolute atomic E-state index is 0.203. The van der Waals surface area contributed by atoms with Crippen molar-refractivity contribution < 1.29 is 9.53 Å². The van der Waals surface area contributed by atoms with Crippen LogP contribution in [0, 0.1) is 0 Å². The van der Waals surface area contributed by atoms with Crippen LogP contribution in [0.15, 0.2) is 48.5 Å². The van der Waals surface area contributed by atoms with Gasteiger partial charge in [-0.1, -0.05) is 0 Å². The summed E-state index contributed by atoms with van der Waals surface area (Å²) < 4.78 is 10.7. The number of esters is 1. The fourth-order valence-corrected chi connectivity index (χ4v) is 4.44. The summed E-state index contributed by atoms with van der Waals surface area (Å²) in [7, 11) is 0. The van der Waals surface area contributed by atoms with Crippen LogP contribution in [0.5, 0.6) is 0 Å². The van der Waals surface area contributed by atoms with Gasteiger partial charge in [-0.25, -0.2) is 0 Å². The van der Waals surface area contributed by atoms with Gasteiger partial charge in [0.1, 0.15) is 0 Å². The Morgan fingerprint density at radius 3 is 2.08 bits per heavy atom. The summed E-state index contributed by atoms with van der Waals surface area (Å²) in [6.45, 7) is 2.10. The van der Waals surface area contributed by atoms with E-state index in [1.807, 2.05) is 36.4 Å². The van der Waals surface area contributed by atoms with Gasteiger partial charge in [0.25, 0.3) is 0 Å². The van der Waals surface area contributed by atoms with Gasteiger partial charge < -0.3 is 0 Å². The normalized spacial score (nSPS) is 10.6. The van der Waals surface area contributed by atoms with E-state index in [0.29, 0.717) is 22.3 Å². The van der Waals surface area contributed by atoms with Crippen molar-refractivity contribution in [2.24, 2.45) is 0 Å². The van der Waals surface area contributed by atoms with Gasteiger partial charge >= 0.3 is 156 Å². The van der Waals surface area contributed by atoms with Crippen molar-refractivity contribution in [2.45, 2.75) is 6.92 Å². The predicted octanol–water partition coefficient (Wildman–Crippen LogP) is 4.96. The van der Waals surface area contributed by atoms with Gasteiger partial charge in [0.05, 0.1) is 0 Å². The molecule has 3 aromatic rings. The Morgan fingerprint density at radius 1 is 1.00 bits per heavy atom. The Morgan fingerprint density at radius 2 is 1.54 bits per heavy atom. The van der Waals surface area contributed by atoms with Gasteiger partial charge in [-0.15, -0.1) is 0 Å². The van der Waals surface area contributed by atoms with Crippen molar-refractivity contribution >= 4 is 43.9 Å². The van der Waals surface area contributed by atoms with Gasteiger partial charge in [0.15, 0.2) is 0 Å². The molecule has 0 aliphatic rings.